The molecular formula is C21H24F6. The van der Waals surface area contributed by atoms with Gasteiger partial charge in [-0.05, 0) is 61.1 Å². The summed E-state index contributed by atoms with van der Waals surface area (Å²) in [5.74, 6) is 0. The van der Waals surface area contributed by atoms with Gasteiger partial charge in [-0.3, -0.25) is 0 Å². The lowest BCUT2D eigenvalue weighted by molar-refractivity contribution is -0.288. The second-order valence-corrected chi connectivity index (χ2v) is 6.29. The molecule has 0 aliphatic heterocycles. The molecule has 2 aromatic carbocycles. The first kappa shape index (κ1) is 23.1. The number of hydrogen-bond acceptors (Lipinski definition) is 0. The second-order valence-electron chi connectivity index (χ2n) is 6.29. The van der Waals surface area contributed by atoms with Gasteiger partial charge in [0.05, 0.1) is 0 Å². The lowest BCUT2D eigenvalue weighted by Crippen LogP contribution is -2.55. The van der Waals surface area contributed by atoms with Crippen molar-refractivity contribution in [3.05, 3.63) is 69.8 Å². The number of aryl methyl sites for hydroxylation is 3. The molecule has 0 aliphatic carbocycles. The number of alkyl halides is 6. The Kier molecular flexibility index (Phi) is 6.79. The number of benzene rings is 2. The van der Waals surface area contributed by atoms with Gasteiger partial charge in [0.2, 0.25) is 5.41 Å². The lowest BCUT2D eigenvalue weighted by atomic mass is 9.70. The minimum atomic E-state index is -5.55. The second kappa shape index (κ2) is 7.95. The van der Waals surface area contributed by atoms with Gasteiger partial charge in [-0.25, -0.2) is 0 Å². The normalized spacial score (nSPS) is 12.4. The predicted octanol–water partition coefficient (Wildman–Crippen LogP) is 7.36. The Morgan fingerprint density at radius 3 is 1.59 bits per heavy atom. The van der Waals surface area contributed by atoms with Crippen LogP contribution in [0.4, 0.5) is 26.3 Å². The largest absolute Gasteiger partial charge is 0.411 e. The summed E-state index contributed by atoms with van der Waals surface area (Å²) in [7, 11) is 0. The van der Waals surface area contributed by atoms with Gasteiger partial charge in [-0.15, -0.1) is 0 Å². The molecule has 2 aromatic rings. The van der Waals surface area contributed by atoms with Crippen molar-refractivity contribution in [2.75, 3.05) is 0 Å². The van der Waals surface area contributed by atoms with E-state index in [2.05, 4.69) is 0 Å². The first-order chi connectivity index (χ1) is 12.3. The smallest absolute Gasteiger partial charge is 0.169 e. The number of halogens is 6. The highest BCUT2D eigenvalue weighted by Crippen LogP contribution is 2.57. The van der Waals surface area contributed by atoms with E-state index in [1.165, 1.54) is 39.0 Å². The molecule has 0 fully saturated rings. The molecular weight excluding hydrogens is 366 g/mol. The zero-order valence-electron chi connectivity index (χ0n) is 16.2. The van der Waals surface area contributed by atoms with Crippen LogP contribution in [0.25, 0.3) is 0 Å². The highest BCUT2D eigenvalue weighted by atomic mass is 19.4. The Balaban J connectivity index is 0.00000176. The van der Waals surface area contributed by atoms with Crippen LogP contribution in [0.3, 0.4) is 0 Å². The fourth-order valence-electron chi connectivity index (χ4n) is 3.08. The first-order valence-electron chi connectivity index (χ1n) is 8.62. The van der Waals surface area contributed by atoms with Crippen molar-refractivity contribution in [3.63, 3.8) is 0 Å². The summed E-state index contributed by atoms with van der Waals surface area (Å²) in [6, 6.07) is 6.84. The van der Waals surface area contributed by atoms with Gasteiger partial charge >= 0.3 is 12.4 Å². The van der Waals surface area contributed by atoms with Crippen molar-refractivity contribution >= 4 is 0 Å². The minimum Gasteiger partial charge on any atom is -0.169 e. The third-order valence-corrected chi connectivity index (χ3v) is 4.80. The Bertz CT molecular complexity index is 770. The summed E-state index contributed by atoms with van der Waals surface area (Å²) < 4.78 is 84.4. The molecule has 0 N–H and O–H groups in total. The van der Waals surface area contributed by atoms with Crippen molar-refractivity contribution in [1.82, 2.24) is 0 Å². The molecule has 0 aliphatic rings. The average molecular weight is 390 g/mol. The molecule has 0 aromatic heterocycles. The molecule has 150 valence electrons. The highest BCUT2D eigenvalue weighted by molar-refractivity contribution is 5.51. The Labute approximate surface area is 156 Å². The Hall–Kier alpha value is -1.98. The summed E-state index contributed by atoms with van der Waals surface area (Å²) in [6.07, 6.45) is -11.1. The molecule has 0 amide bonds. The topological polar surface area (TPSA) is 0 Å². The van der Waals surface area contributed by atoms with Gasteiger partial charge in [0.25, 0.3) is 0 Å². The van der Waals surface area contributed by atoms with Crippen LogP contribution in [0.15, 0.2) is 36.4 Å². The van der Waals surface area contributed by atoms with E-state index >= 15 is 0 Å². The van der Waals surface area contributed by atoms with Crippen molar-refractivity contribution in [3.8, 4) is 0 Å². The van der Waals surface area contributed by atoms with Crippen molar-refractivity contribution in [1.29, 1.82) is 0 Å². The van der Waals surface area contributed by atoms with Crippen LogP contribution < -0.4 is 0 Å². The molecule has 0 nitrogen and oxygen atoms in total. The van der Waals surface area contributed by atoms with E-state index in [4.69, 9.17) is 0 Å². The predicted molar refractivity (Wildman–Crippen MR) is 96.1 cm³/mol. The van der Waals surface area contributed by atoms with E-state index in [9.17, 15) is 26.3 Å². The zero-order chi connectivity index (χ0) is 21.2. The third-order valence-electron chi connectivity index (χ3n) is 4.80. The minimum absolute atomic E-state index is 0.0182. The van der Waals surface area contributed by atoms with Gasteiger partial charge in [-0.1, -0.05) is 50.2 Å². The molecule has 0 atom stereocenters. The number of hydrogen-bond donors (Lipinski definition) is 0. The fourth-order valence-corrected chi connectivity index (χ4v) is 3.08. The lowest BCUT2D eigenvalue weighted by Gasteiger charge is -2.39. The molecule has 0 unspecified atom stereocenters. The van der Waals surface area contributed by atoms with E-state index in [0.29, 0.717) is 16.7 Å². The maximum absolute atomic E-state index is 14.1. The highest BCUT2D eigenvalue weighted by Gasteiger charge is 2.72. The van der Waals surface area contributed by atoms with Crippen molar-refractivity contribution in [2.45, 2.75) is 59.3 Å². The van der Waals surface area contributed by atoms with Gasteiger partial charge in [0.1, 0.15) is 0 Å². The maximum atomic E-state index is 14.1. The van der Waals surface area contributed by atoms with Gasteiger partial charge in [0.15, 0.2) is 0 Å². The average Bonchev–Trinajstić information content (AvgIpc) is 2.54. The number of rotatable bonds is 2. The summed E-state index contributed by atoms with van der Waals surface area (Å²) in [5, 5.41) is 0. The monoisotopic (exact) mass is 390 g/mol. The van der Waals surface area contributed by atoms with E-state index in [-0.39, 0.29) is 5.56 Å². The molecule has 6 heteroatoms. The summed E-state index contributed by atoms with van der Waals surface area (Å²) >= 11 is 0. The van der Waals surface area contributed by atoms with Crippen LogP contribution in [0.1, 0.15) is 47.2 Å². The van der Waals surface area contributed by atoms with Gasteiger partial charge in [0, 0.05) is 0 Å². The molecule has 0 spiro atoms. The summed E-state index contributed by atoms with van der Waals surface area (Å²) in [4.78, 5) is 0. The van der Waals surface area contributed by atoms with E-state index in [1.807, 2.05) is 13.8 Å². The summed E-state index contributed by atoms with van der Waals surface area (Å²) in [5.41, 5.74) is -4.31. The molecule has 0 saturated heterocycles. The maximum Gasteiger partial charge on any atom is 0.411 e. The Morgan fingerprint density at radius 2 is 1.15 bits per heavy atom. The van der Waals surface area contributed by atoms with Gasteiger partial charge in [-0.2, -0.15) is 26.3 Å². The van der Waals surface area contributed by atoms with Gasteiger partial charge < -0.3 is 0 Å². The standard InChI is InChI=1S/C19H18F6.C2H6/c1-11-8-9-15(10-13(11)3)17(18(20,21)22,19(23,24)25)16-7-5-6-12(2)14(16)4;1-2/h5-10H,1-4H3;1-2H3. The molecule has 2 rings (SSSR count). The zero-order valence-corrected chi connectivity index (χ0v) is 16.2. The van der Waals surface area contributed by atoms with Crippen LogP contribution in [0.5, 0.6) is 0 Å². The quantitative estimate of drug-likeness (QED) is 0.470. The molecule has 0 radical (unpaired) electrons. The third kappa shape index (κ3) is 3.85. The van der Waals surface area contributed by atoms with Crippen LogP contribution in [0.2, 0.25) is 0 Å². The van der Waals surface area contributed by atoms with Crippen molar-refractivity contribution in [2.24, 2.45) is 0 Å². The van der Waals surface area contributed by atoms with Crippen LogP contribution in [-0.4, -0.2) is 12.4 Å². The SMILES string of the molecule is CC.Cc1ccc(C(c2cccc(C)c2C)(C(F)(F)F)C(F)(F)F)cc1C. The molecule has 0 heterocycles. The fraction of sp³-hybridized carbons (Fsp3) is 0.429. The van der Waals surface area contributed by atoms with Crippen LogP contribution in [-0.2, 0) is 5.41 Å². The van der Waals surface area contributed by atoms with Crippen LogP contribution >= 0.6 is 0 Å². The first-order valence-corrected chi connectivity index (χ1v) is 8.62. The van der Waals surface area contributed by atoms with Crippen LogP contribution in [0, 0.1) is 27.7 Å². The Morgan fingerprint density at radius 1 is 0.630 bits per heavy atom. The molecule has 27 heavy (non-hydrogen) atoms. The van der Waals surface area contributed by atoms with E-state index in [1.54, 1.807) is 6.92 Å². The molecule has 0 saturated carbocycles. The van der Waals surface area contributed by atoms with E-state index < -0.39 is 28.9 Å². The molecule has 0 bridgehead atoms. The van der Waals surface area contributed by atoms with E-state index in [0.717, 1.165) is 18.2 Å². The summed E-state index contributed by atoms with van der Waals surface area (Å²) in [6.45, 7) is 9.92. The van der Waals surface area contributed by atoms with Crippen molar-refractivity contribution < 1.29 is 26.3 Å².